The molecule has 0 aromatic heterocycles. The van der Waals surface area contributed by atoms with Crippen LogP contribution < -0.4 is 10.6 Å². The van der Waals surface area contributed by atoms with Crippen molar-refractivity contribution in [2.24, 2.45) is 0 Å². The molecule has 4 heteroatoms. The first-order valence-electron chi connectivity index (χ1n) is 10.0. The molecule has 1 aliphatic carbocycles. The van der Waals surface area contributed by atoms with E-state index in [0.717, 1.165) is 24.2 Å². The monoisotopic (exact) mass is 378 g/mol. The summed E-state index contributed by atoms with van der Waals surface area (Å²) in [4.78, 5) is 26.8. The van der Waals surface area contributed by atoms with Crippen LogP contribution in [0.4, 0.5) is 11.4 Å². The Morgan fingerprint density at radius 3 is 1.36 bits per heavy atom. The van der Waals surface area contributed by atoms with Gasteiger partial charge in [0.15, 0.2) is 11.6 Å². The van der Waals surface area contributed by atoms with E-state index in [9.17, 15) is 9.59 Å². The number of carbonyl (C=O) groups is 2. The van der Waals surface area contributed by atoms with E-state index >= 15 is 0 Å². The zero-order valence-corrected chi connectivity index (χ0v) is 17.7. The molecule has 28 heavy (non-hydrogen) atoms. The van der Waals surface area contributed by atoms with Gasteiger partial charge in [0.25, 0.3) is 0 Å². The van der Waals surface area contributed by atoms with Crippen LogP contribution in [0.5, 0.6) is 0 Å². The largest absolute Gasteiger partial charge is 0.380 e. The van der Waals surface area contributed by atoms with Crippen LogP contribution in [0, 0.1) is 0 Å². The van der Waals surface area contributed by atoms with Crippen LogP contribution in [0.25, 0.3) is 0 Å². The molecule has 0 spiro atoms. The molecule has 0 amide bonds. The summed E-state index contributed by atoms with van der Waals surface area (Å²) in [5.41, 5.74) is 2.96. The highest BCUT2D eigenvalue weighted by atomic mass is 16.1. The third kappa shape index (κ3) is 3.56. The van der Waals surface area contributed by atoms with Crippen LogP contribution in [-0.2, 0) is 0 Å². The summed E-state index contributed by atoms with van der Waals surface area (Å²) in [6.45, 7) is 12.6. The molecule has 2 N–H and O–H groups in total. The number of rotatable bonds is 6. The number of ketones is 2. The number of anilines is 2. The summed E-state index contributed by atoms with van der Waals surface area (Å²) in [5, 5.41) is 6.96. The molecule has 4 nitrogen and oxygen atoms in total. The summed E-state index contributed by atoms with van der Waals surface area (Å²) in [7, 11) is 0. The van der Waals surface area contributed by atoms with Crippen LogP contribution in [0.2, 0.25) is 0 Å². The van der Waals surface area contributed by atoms with E-state index < -0.39 is 0 Å². The summed E-state index contributed by atoms with van der Waals surface area (Å²) >= 11 is 0. The average Bonchev–Trinajstić information content (AvgIpc) is 2.66. The minimum absolute atomic E-state index is 0.0995. The molecule has 2 aromatic carbocycles. The molecule has 0 fully saturated rings. The van der Waals surface area contributed by atoms with E-state index in [0.29, 0.717) is 22.3 Å². The molecule has 0 heterocycles. The van der Waals surface area contributed by atoms with Crippen molar-refractivity contribution in [2.75, 3.05) is 10.6 Å². The summed E-state index contributed by atoms with van der Waals surface area (Å²) in [5.74, 6) is -0.199. The zero-order chi connectivity index (χ0) is 20.7. The van der Waals surface area contributed by atoms with Gasteiger partial charge in [-0.05, 0) is 52.7 Å². The third-order valence-electron chi connectivity index (χ3n) is 5.79. The lowest BCUT2D eigenvalue weighted by atomic mass is 9.81. The standard InChI is InChI=1S/C24H30N2O2/c1-7-23(3,4)25-17-13-14-18(26-24(5,6)8-2)20-19(17)21(27)15-11-9-10-12-16(15)22(20)28/h9-14,25-26H,7-8H2,1-6H3. The van der Waals surface area contributed by atoms with Crippen LogP contribution >= 0.6 is 0 Å². The average molecular weight is 379 g/mol. The fourth-order valence-electron chi connectivity index (χ4n) is 3.34. The lowest BCUT2D eigenvalue weighted by Crippen LogP contribution is -2.34. The van der Waals surface area contributed by atoms with Gasteiger partial charge in [0.1, 0.15) is 0 Å². The molecule has 3 rings (SSSR count). The molecule has 0 radical (unpaired) electrons. The molecular formula is C24H30N2O2. The Kier molecular flexibility index (Phi) is 5.09. The minimum Gasteiger partial charge on any atom is -0.380 e. The van der Waals surface area contributed by atoms with Crippen molar-refractivity contribution >= 4 is 22.9 Å². The number of carbonyl (C=O) groups excluding carboxylic acids is 2. The second-order valence-corrected chi connectivity index (χ2v) is 8.84. The lowest BCUT2D eigenvalue weighted by molar-refractivity contribution is 0.0980. The van der Waals surface area contributed by atoms with Gasteiger partial charge >= 0.3 is 0 Å². The molecule has 0 saturated heterocycles. The van der Waals surface area contributed by atoms with Gasteiger partial charge in [-0.1, -0.05) is 38.1 Å². The van der Waals surface area contributed by atoms with Gasteiger partial charge in [-0.3, -0.25) is 9.59 Å². The highest BCUT2D eigenvalue weighted by Gasteiger charge is 2.35. The molecule has 2 aromatic rings. The Balaban J connectivity index is 2.24. The van der Waals surface area contributed by atoms with Crippen molar-refractivity contribution < 1.29 is 9.59 Å². The second kappa shape index (κ2) is 7.08. The van der Waals surface area contributed by atoms with Crippen molar-refractivity contribution in [3.05, 3.63) is 58.7 Å². The Morgan fingerprint density at radius 2 is 1.04 bits per heavy atom. The maximum Gasteiger partial charge on any atom is 0.196 e. The Hall–Kier alpha value is -2.62. The predicted octanol–water partition coefficient (Wildman–Crippen LogP) is 5.66. The lowest BCUT2D eigenvalue weighted by Gasteiger charge is -2.32. The molecular weight excluding hydrogens is 348 g/mol. The summed E-state index contributed by atoms with van der Waals surface area (Å²) < 4.78 is 0. The summed E-state index contributed by atoms with van der Waals surface area (Å²) in [6.07, 6.45) is 1.78. The van der Waals surface area contributed by atoms with Crippen LogP contribution in [-0.4, -0.2) is 22.6 Å². The predicted molar refractivity (Wildman–Crippen MR) is 116 cm³/mol. The van der Waals surface area contributed by atoms with Gasteiger partial charge in [0.05, 0.1) is 11.1 Å². The topological polar surface area (TPSA) is 58.2 Å². The van der Waals surface area contributed by atoms with E-state index in [-0.39, 0.29) is 22.6 Å². The highest BCUT2D eigenvalue weighted by molar-refractivity contribution is 6.31. The maximum atomic E-state index is 13.4. The zero-order valence-electron chi connectivity index (χ0n) is 17.7. The normalized spacial score (nSPS) is 13.8. The van der Waals surface area contributed by atoms with Crippen molar-refractivity contribution in [1.29, 1.82) is 0 Å². The fraction of sp³-hybridized carbons (Fsp3) is 0.417. The Bertz CT molecular complexity index is 866. The molecule has 0 saturated carbocycles. The van der Waals surface area contributed by atoms with E-state index in [1.54, 1.807) is 24.3 Å². The third-order valence-corrected chi connectivity index (χ3v) is 5.79. The van der Waals surface area contributed by atoms with Crippen molar-refractivity contribution in [2.45, 2.75) is 65.5 Å². The minimum atomic E-state index is -0.189. The number of hydrogen-bond acceptors (Lipinski definition) is 4. The quantitative estimate of drug-likeness (QED) is 0.581. The molecule has 0 unspecified atom stereocenters. The van der Waals surface area contributed by atoms with E-state index in [4.69, 9.17) is 0 Å². The van der Waals surface area contributed by atoms with Gasteiger partial charge in [-0.2, -0.15) is 0 Å². The SMILES string of the molecule is CCC(C)(C)Nc1ccc(NC(C)(C)CC)c2c1C(=O)c1ccccc1C2=O. The molecule has 148 valence electrons. The number of nitrogens with one attached hydrogen (secondary N) is 2. The van der Waals surface area contributed by atoms with Crippen LogP contribution in [0.3, 0.4) is 0 Å². The smallest absolute Gasteiger partial charge is 0.196 e. The highest BCUT2D eigenvalue weighted by Crippen LogP contribution is 2.38. The van der Waals surface area contributed by atoms with E-state index in [1.165, 1.54) is 0 Å². The van der Waals surface area contributed by atoms with Gasteiger partial charge in [0.2, 0.25) is 0 Å². The van der Waals surface area contributed by atoms with Crippen molar-refractivity contribution in [3.63, 3.8) is 0 Å². The summed E-state index contributed by atoms with van der Waals surface area (Å²) in [6, 6.07) is 10.9. The molecule has 0 bridgehead atoms. The van der Waals surface area contributed by atoms with Gasteiger partial charge in [0, 0.05) is 33.6 Å². The first kappa shape index (κ1) is 20.1. The first-order valence-corrected chi connectivity index (χ1v) is 10.0. The Labute approximate surface area is 167 Å². The van der Waals surface area contributed by atoms with Gasteiger partial charge in [-0.15, -0.1) is 0 Å². The number of hydrogen-bond donors (Lipinski definition) is 2. The van der Waals surface area contributed by atoms with Crippen LogP contribution in [0.1, 0.15) is 86.2 Å². The first-order chi connectivity index (χ1) is 13.1. The van der Waals surface area contributed by atoms with E-state index in [1.807, 2.05) is 12.1 Å². The Morgan fingerprint density at radius 1 is 0.679 bits per heavy atom. The molecule has 1 aliphatic rings. The van der Waals surface area contributed by atoms with Gasteiger partial charge in [-0.25, -0.2) is 0 Å². The van der Waals surface area contributed by atoms with E-state index in [2.05, 4.69) is 52.2 Å². The van der Waals surface area contributed by atoms with Crippen molar-refractivity contribution in [3.8, 4) is 0 Å². The van der Waals surface area contributed by atoms with Gasteiger partial charge < -0.3 is 10.6 Å². The fourth-order valence-corrected chi connectivity index (χ4v) is 3.34. The maximum absolute atomic E-state index is 13.4. The second-order valence-electron chi connectivity index (χ2n) is 8.84. The molecule has 0 aliphatic heterocycles. The molecule has 0 atom stereocenters. The number of benzene rings is 2. The van der Waals surface area contributed by atoms with Crippen LogP contribution in [0.15, 0.2) is 36.4 Å². The van der Waals surface area contributed by atoms with Crippen molar-refractivity contribution in [1.82, 2.24) is 0 Å². The number of fused-ring (bicyclic) bond motifs is 2.